The lowest BCUT2D eigenvalue weighted by molar-refractivity contribution is 0.249. The van der Waals surface area contributed by atoms with Gasteiger partial charge in [0.05, 0.1) is 10.7 Å². The van der Waals surface area contributed by atoms with Gasteiger partial charge in [-0.3, -0.25) is 4.90 Å². The van der Waals surface area contributed by atoms with Crippen LogP contribution in [0.2, 0.25) is 5.02 Å². The second kappa shape index (κ2) is 8.46. The standard InChI is InChI=1S/C21H23ClN6/c22-17-8-4-5-9-18(17)26-20-19(23)21(25-15-24-20)28-12-10-27(11-13-28)14-16-6-2-1-3-7-16/h1-9,15H,10-14,23H2,(H,24,25,26). The van der Waals surface area contributed by atoms with Crippen molar-refractivity contribution in [2.45, 2.75) is 6.54 Å². The van der Waals surface area contributed by atoms with Crippen molar-refractivity contribution in [3.63, 3.8) is 0 Å². The third-order valence-electron chi connectivity index (χ3n) is 4.91. The molecule has 0 spiro atoms. The number of hydrogen-bond donors (Lipinski definition) is 2. The van der Waals surface area contributed by atoms with Crippen LogP contribution in [0, 0.1) is 0 Å². The molecule has 0 saturated carbocycles. The molecule has 3 aromatic rings. The summed E-state index contributed by atoms with van der Waals surface area (Å²) in [5, 5.41) is 3.84. The van der Waals surface area contributed by atoms with Gasteiger partial charge in [-0.15, -0.1) is 0 Å². The van der Waals surface area contributed by atoms with E-state index in [1.807, 2.05) is 30.3 Å². The highest BCUT2D eigenvalue weighted by Crippen LogP contribution is 2.31. The maximum Gasteiger partial charge on any atom is 0.159 e. The van der Waals surface area contributed by atoms with Crippen LogP contribution in [0.4, 0.5) is 23.0 Å². The molecule has 2 aromatic carbocycles. The number of nitrogens with one attached hydrogen (secondary N) is 1. The Balaban J connectivity index is 1.43. The number of nitrogens with zero attached hydrogens (tertiary/aromatic N) is 4. The number of anilines is 4. The molecule has 2 heterocycles. The number of nitrogen functional groups attached to an aromatic ring is 1. The van der Waals surface area contributed by atoms with Gasteiger partial charge in [-0.2, -0.15) is 0 Å². The second-order valence-electron chi connectivity index (χ2n) is 6.81. The SMILES string of the molecule is Nc1c(Nc2ccccc2Cl)ncnc1N1CCN(Cc2ccccc2)CC1. The second-order valence-corrected chi connectivity index (χ2v) is 7.22. The van der Waals surface area contributed by atoms with Crippen molar-refractivity contribution in [3.8, 4) is 0 Å². The molecule has 1 aliphatic rings. The Labute approximate surface area is 170 Å². The van der Waals surface area contributed by atoms with E-state index in [4.69, 9.17) is 17.3 Å². The van der Waals surface area contributed by atoms with Crippen molar-refractivity contribution in [1.29, 1.82) is 0 Å². The molecule has 3 N–H and O–H groups in total. The van der Waals surface area contributed by atoms with Crippen LogP contribution in [0.15, 0.2) is 60.9 Å². The number of piperazine rings is 1. The molecular weight excluding hydrogens is 372 g/mol. The number of rotatable bonds is 5. The van der Waals surface area contributed by atoms with Crippen LogP contribution in [0.25, 0.3) is 0 Å². The van der Waals surface area contributed by atoms with Crippen LogP contribution in [0.1, 0.15) is 5.56 Å². The van der Waals surface area contributed by atoms with Crippen LogP contribution in [0.3, 0.4) is 0 Å². The van der Waals surface area contributed by atoms with E-state index < -0.39 is 0 Å². The molecule has 1 fully saturated rings. The van der Waals surface area contributed by atoms with E-state index in [0.29, 0.717) is 16.5 Å². The third kappa shape index (κ3) is 4.18. The molecule has 0 unspecified atom stereocenters. The van der Waals surface area contributed by atoms with Gasteiger partial charge in [0, 0.05) is 32.7 Å². The molecule has 0 bridgehead atoms. The number of para-hydroxylation sites is 1. The number of aromatic nitrogens is 2. The highest BCUT2D eigenvalue weighted by Gasteiger charge is 2.21. The Morgan fingerprint density at radius 1 is 0.929 bits per heavy atom. The van der Waals surface area contributed by atoms with E-state index in [1.54, 1.807) is 6.33 Å². The van der Waals surface area contributed by atoms with E-state index in [9.17, 15) is 0 Å². The van der Waals surface area contributed by atoms with E-state index in [0.717, 1.165) is 44.2 Å². The molecule has 0 radical (unpaired) electrons. The zero-order chi connectivity index (χ0) is 19.3. The Kier molecular flexibility index (Phi) is 5.60. The molecule has 4 rings (SSSR count). The zero-order valence-corrected chi connectivity index (χ0v) is 16.3. The summed E-state index contributed by atoms with van der Waals surface area (Å²) in [4.78, 5) is 13.4. The molecular formula is C21H23ClN6. The molecule has 0 aliphatic carbocycles. The van der Waals surface area contributed by atoms with Crippen LogP contribution in [-0.2, 0) is 6.54 Å². The lowest BCUT2D eigenvalue weighted by atomic mass is 10.2. The van der Waals surface area contributed by atoms with Crippen molar-refractivity contribution in [3.05, 3.63) is 71.5 Å². The van der Waals surface area contributed by atoms with Crippen LogP contribution in [0.5, 0.6) is 0 Å². The predicted octanol–water partition coefficient (Wildman–Crippen LogP) is 3.78. The fraction of sp³-hybridized carbons (Fsp3) is 0.238. The quantitative estimate of drug-likeness (QED) is 0.686. The molecule has 144 valence electrons. The molecule has 1 saturated heterocycles. The van der Waals surface area contributed by atoms with Crippen molar-refractivity contribution in [2.24, 2.45) is 0 Å². The summed E-state index contributed by atoms with van der Waals surface area (Å²) in [5.41, 5.74) is 9.03. The molecule has 1 aliphatic heterocycles. The highest BCUT2D eigenvalue weighted by atomic mass is 35.5. The monoisotopic (exact) mass is 394 g/mol. The number of hydrogen-bond acceptors (Lipinski definition) is 6. The summed E-state index contributed by atoms with van der Waals surface area (Å²) in [7, 11) is 0. The Morgan fingerprint density at radius 3 is 2.39 bits per heavy atom. The van der Waals surface area contributed by atoms with Gasteiger partial charge in [-0.1, -0.05) is 54.1 Å². The summed E-state index contributed by atoms with van der Waals surface area (Å²) >= 11 is 6.23. The Hall–Kier alpha value is -2.83. The van der Waals surface area contributed by atoms with Crippen molar-refractivity contribution in [2.75, 3.05) is 42.1 Å². The normalized spacial score (nSPS) is 14.8. The summed E-state index contributed by atoms with van der Waals surface area (Å²) in [6, 6.07) is 18.1. The zero-order valence-electron chi connectivity index (χ0n) is 15.6. The highest BCUT2D eigenvalue weighted by molar-refractivity contribution is 6.33. The lowest BCUT2D eigenvalue weighted by Crippen LogP contribution is -2.46. The first-order valence-corrected chi connectivity index (χ1v) is 9.72. The van der Waals surface area contributed by atoms with E-state index in [-0.39, 0.29) is 0 Å². The van der Waals surface area contributed by atoms with E-state index >= 15 is 0 Å². The molecule has 1 aromatic heterocycles. The fourth-order valence-corrected chi connectivity index (χ4v) is 3.57. The topological polar surface area (TPSA) is 70.3 Å². The molecule has 6 nitrogen and oxygen atoms in total. The van der Waals surface area contributed by atoms with Gasteiger partial charge in [-0.25, -0.2) is 9.97 Å². The molecule has 7 heteroatoms. The fourth-order valence-electron chi connectivity index (χ4n) is 3.39. The minimum atomic E-state index is 0.541. The first-order valence-electron chi connectivity index (χ1n) is 9.34. The van der Waals surface area contributed by atoms with Gasteiger partial charge < -0.3 is 16.0 Å². The lowest BCUT2D eigenvalue weighted by Gasteiger charge is -2.36. The smallest absolute Gasteiger partial charge is 0.159 e. The Bertz CT molecular complexity index is 925. The maximum absolute atomic E-state index is 6.38. The number of halogens is 1. The van der Waals surface area contributed by atoms with Gasteiger partial charge in [0.1, 0.15) is 12.0 Å². The van der Waals surface area contributed by atoms with Crippen molar-refractivity contribution < 1.29 is 0 Å². The Morgan fingerprint density at radius 2 is 1.64 bits per heavy atom. The minimum Gasteiger partial charge on any atom is -0.393 e. The summed E-state index contributed by atoms with van der Waals surface area (Å²) < 4.78 is 0. The third-order valence-corrected chi connectivity index (χ3v) is 5.24. The minimum absolute atomic E-state index is 0.541. The van der Waals surface area contributed by atoms with Gasteiger partial charge in [0.25, 0.3) is 0 Å². The summed E-state index contributed by atoms with van der Waals surface area (Å²) in [6.45, 7) is 4.64. The van der Waals surface area contributed by atoms with Crippen molar-refractivity contribution in [1.82, 2.24) is 14.9 Å². The van der Waals surface area contributed by atoms with Crippen molar-refractivity contribution >= 4 is 34.6 Å². The van der Waals surface area contributed by atoms with E-state index in [1.165, 1.54) is 5.56 Å². The van der Waals surface area contributed by atoms with Crippen LogP contribution < -0.4 is 16.0 Å². The molecule has 28 heavy (non-hydrogen) atoms. The predicted molar refractivity (Wildman–Crippen MR) is 115 cm³/mol. The average Bonchev–Trinajstić information content (AvgIpc) is 2.73. The van der Waals surface area contributed by atoms with Gasteiger partial charge >= 0.3 is 0 Å². The van der Waals surface area contributed by atoms with E-state index in [2.05, 4.69) is 49.4 Å². The summed E-state index contributed by atoms with van der Waals surface area (Å²) in [6.07, 6.45) is 1.54. The summed E-state index contributed by atoms with van der Waals surface area (Å²) in [5.74, 6) is 1.34. The van der Waals surface area contributed by atoms with Gasteiger partial charge in [-0.05, 0) is 17.7 Å². The van der Waals surface area contributed by atoms with Crippen LogP contribution >= 0.6 is 11.6 Å². The first-order chi connectivity index (χ1) is 13.7. The largest absolute Gasteiger partial charge is 0.393 e. The average molecular weight is 395 g/mol. The maximum atomic E-state index is 6.38. The van der Waals surface area contributed by atoms with Gasteiger partial charge in [0.15, 0.2) is 11.6 Å². The van der Waals surface area contributed by atoms with Gasteiger partial charge in [0.2, 0.25) is 0 Å². The molecule has 0 atom stereocenters. The number of benzene rings is 2. The molecule has 0 amide bonds. The van der Waals surface area contributed by atoms with Crippen LogP contribution in [-0.4, -0.2) is 41.0 Å². The first kappa shape index (κ1) is 18.5. The number of nitrogens with two attached hydrogens (primary N) is 1.